The van der Waals surface area contributed by atoms with E-state index in [0.29, 0.717) is 5.69 Å². The molecule has 0 atom stereocenters. The molecule has 6 aromatic carbocycles. The minimum Gasteiger partial charge on any atom is -0.468 e. The summed E-state index contributed by atoms with van der Waals surface area (Å²) in [5.41, 5.74) is 18.4. The number of anilines is 6. The fraction of sp³-hybridized carbons (Fsp3) is 0.309. The lowest BCUT2D eigenvalue weighted by molar-refractivity contribution is 0.332. The van der Waals surface area contributed by atoms with Gasteiger partial charge in [0.15, 0.2) is 0 Å². The Morgan fingerprint density at radius 3 is 1.87 bits per heavy atom. The van der Waals surface area contributed by atoms with Crippen molar-refractivity contribution in [3.63, 3.8) is 0 Å². The van der Waals surface area contributed by atoms with Gasteiger partial charge in [0.2, 0.25) is 0 Å². The van der Waals surface area contributed by atoms with Crippen molar-refractivity contribution in [2.24, 2.45) is 0 Å². The van der Waals surface area contributed by atoms with Crippen LogP contribution in [0.5, 0.6) is 0 Å². The number of halogens is 1. The van der Waals surface area contributed by atoms with Crippen molar-refractivity contribution < 1.29 is 8.81 Å². The third-order valence-electron chi connectivity index (χ3n) is 13.9. The summed E-state index contributed by atoms with van der Waals surface area (Å²) in [5, 5.41) is 1.00. The molecule has 2 aliphatic heterocycles. The average Bonchev–Trinajstić information content (AvgIpc) is 3.57. The van der Waals surface area contributed by atoms with E-state index in [1.54, 1.807) is 12.1 Å². The second-order valence-corrected chi connectivity index (χ2v) is 21.1. The van der Waals surface area contributed by atoms with E-state index < -0.39 is 0 Å². The highest BCUT2D eigenvalue weighted by Gasteiger charge is 2.49. The fourth-order valence-corrected chi connectivity index (χ4v) is 10.3. The molecule has 0 radical (unpaired) electrons. The Morgan fingerprint density at radius 2 is 1.20 bits per heavy atom. The Hall–Kier alpha value is -5.55. The van der Waals surface area contributed by atoms with Crippen molar-refractivity contribution in [3.8, 4) is 11.1 Å². The molecule has 3 heterocycles. The average molecular weight is 791 g/mol. The molecule has 3 aliphatic rings. The van der Waals surface area contributed by atoms with Crippen LogP contribution in [0.15, 0.2) is 120 Å². The van der Waals surface area contributed by atoms with Gasteiger partial charge >= 0.3 is 0 Å². The first-order chi connectivity index (χ1) is 28.3. The second-order valence-electron chi connectivity index (χ2n) is 21.1. The molecule has 1 aliphatic carbocycles. The molecule has 3 nitrogen and oxygen atoms in total. The SMILES string of the molecule is Cc1cc2c3c(c1)N(c1ccccc1F)c1c(oc4ccc(C(C)(C)C)cc14)B3c1cc3c(cc1N2c1ccc(C(C)(C)C)cc1-c1ccccc1)C(C)(C)CCC3(C)C. The van der Waals surface area contributed by atoms with Crippen LogP contribution in [0.1, 0.15) is 110 Å². The normalized spacial score (nSPS) is 16.4. The second kappa shape index (κ2) is 13.0. The summed E-state index contributed by atoms with van der Waals surface area (Å²) in [5.74, 6) is -0.270. The molecule has 10 rings (SSSR count). The maximum atomic E-state index is 16.6. The number of hydrogen-bond acceptors (Lipinski definition) is 3. The molecule has 7 aromatic rings. The van der Waals surface area contributed by atoms with Gasteiger partial charge in [-0.3, -0.25) is 0 Å². The highest BCUT2D eigenvalue weighted by molar-refractivity contribution is 7.00. The van der Waals surface area contributed by atoms with Gasteiger partial charge in [-0.1, -0.05) is 130 Å². The molecule has 0 saturated heterocycles. The van der Waals surface area contributed by atoms with Crippen molar-refractivity contribution >= 4 is 68.4 Å². The number of rotatable bonds is 3. The number of benzene rings is 6. The van der Waals surface area contributed by atoms with Gasteiger partial charge in [0.05, 0.1) is 22.7 Å². The van der Waals surface area contributed by atoms with Crippen LogP contribution in [0.3, 0.4) is 0 Å². The molecule has 0 N–H and O–H groups in total. The predicted octanol–water partition coefficient (Wildman–Crippen LogP) is 13.6. The van der Waals surface area contributed by atoms with E-state index in [1.807, 2.05) is 12.1 Å². The van der Waals surface area contributed by atoms with Gasteiger partial charge in [0.25, 0.3) is 6.71 Å². The van der Waals surface area contributed by atoms with Crippen molar-refractivity contribution in [2.45, 2.75) is 111 Å². The quantitative estimate of drug-likeness (QED) is 0.166. The van der Waals surface area contributed by atoms with E-state index in [9.17, 15) is 0 Å². The first-order valence-electron chi connectivity index (χ1n) is 21.8. The molecule has 0 unspecified atom stereocenters. The minimum atomic E-state index is -0.270. The van der Waals surface area contributed by atoms with Gasteiger partial charge in [-0.15, -0.1) is 0 Å². The van der Waals surface area contributed by atoms with Crippen LogP contribution in [0, 0.1) is 12.7 Å². The van der Waals surface area contributed by atoms with Crippen LogP contribution in [-0.2, 0) is 21.7 Å². The molecule has 0 bridgehead atoms. The fourth-order valence-electron chi connectivity index (χ4n) is 10.3. The predicted molar refractivity (Wildman–Crippen MR) is 253 cm³/mol. The summed E-state index contributed by atoms with van der Waals surface area (Å²) in [7, 11) is 0. The third-order valence-corrected chi connectivity index (χ3v) is 13.9. The minimum absolute atomic E-state index is 0.00989. The number of nitrogens with zero attached hydrogens (tertiary/aromatic N) is 2. The van der Waals surface area contributed by atoms with Crippen LogP contribution in [0.4, 0.5) is 38.5 Å². The van der Waals surface area contributed by atoms with Gasteiger partial charge in [0.1, 0.15) is 11.4 Å². The Balaban J connectivity index is 1.37. The summed E-state index contributed by atoms with van der Waals surface area (Å²) in [6, 6.07) is 41.4. The van der Waals surface area contributed by atoms with Crippen LogP contribution in [0.25, 0.3) is 22.1 Å². The van der Waals surface area contributed by atoms with E-state index in [4.69, 9.17) is 4.42 Å². The lowest BCUT2D eigenvalue weighted by Gasteiger charge is -2.47. The molecule has 0 amide bonds. The topological polar surface area (TPSA) is 19.6 Å². The van der Waals surface area contributed by atoms with Crippen LogP contribution >= 0.6 is 0 Å². The van der Waals surface area contributed by atoms with Crippen molar-refractivity contribution in [1.29, 1.82) is 0 Å². The largest absolute Gasteiger partial charge is 0.468 e. The molecular formula is C55H56BFN2O. The Bertz CT molecular complexity index is 2890. The van der Waals surface area contributed by atoms with E-state index in [2.05, 4.69) is 177 Å². The van der Waals surface area contributed by atoms with E-state index >= 15 is 4.39 Å². The summed E-state index contributed by atoms with van der Waals surface area (Å²) in [6.07, 6.45) is 2.23. The molecule has 0 saturated carbocycles. The highest BCUT2D eigenvalue weighted by atomic mass is 19.1. The molecule has 302 valence electrons. The summed E-state index contributed by atoms with van der Waals surface area (Å²) in [4.78, 5) is 4.70. The lowest BCUT2D eigenvalue weighted by atomic mass is 9.35. The zero-order valence-electron chi connectivity index (χ0n) is 37.1. The Morgan fingerprint density at radius 1 is 0.600 bits per heavy atom. The van der Waals surface area contributed by atoms with Gasteiger partial charge in [0, 0.05) is 28.0 Å². The molecule has 5 heteroatoms. The van der Waals surface area contributed by atoms with Crippen LogP contribution in [0.2, 0.25) is 0 Å². The van der Waals surface area contributed by atoms with Gasteiger partial charge < -0.3 is 14.2 Å². The molecule has 1 aromatic heterocycles. The molecular weight excluding hydrogens is 734 g/mol. The molecule has 0 fully saturated rings. The van der Waals surface area contributed by atoms with Crippen molar-refractivity contribution in [3.05, 3.63) is 149 Å². The Kier molecular flexibility index (Phi) is 8.36. The summed E-state index contributed by atoms with van der Waals surface area (Å²) < 4.78 is 23.8. The number of hydrogen-bond donors (Lipinski definition) is 0. The number of furan rings is 1. The van der Waals surface area contributed by atoms with E-state index in [-0.39, 0.29) is 34.2 Å². The zero-order valence-corrected chi connectivity index (χ0v) is 37.1. The number of fused-ring (bicyclic) bond motifs is 7. The maximum absolute atomic E-state index is 16.6. The lowest BCUT2D eigenvalue weighted by Crippen LogP contribution is -2.61. The monoisotopic (exact) mass is 790 g/mol. The summed E-state index contributed by atoms with van der Waals surface area (Å²) >= 11 is 0. The molecule has 60 heavy (non-hydrogen) atoms. The van der Waals surface area contributed by atoms with E-state index in [1.165, 1.54) is 44.5 Å². The van der Waals surface area contributed by atoms with Gasteiger partial charge in [-0.25, -0.2) is 4.39 Å². The standard InChI is InChI=1S/C55H56BFN2O/c1-33-27-46-49-47(28-33)59(44-20-16-15-19-42(44)57)50-38-30-36(53(5,6)7)22-24-48(38)60-51(50)56(49)41-31-39-40(55(10,11)26-25-54(39,8)9)32-45(41)58(46)43-23-21-35(52(2,3)4)29-37(43)34-17-13-12-14-18-34/h12-24,27-32H,25-26H2,1-11H3. The molecule has 0 spiro atoms. The number of aryl methyl sites for hydroxylation is 1. The first kappa shape index (κ1) is 38.6. The van der Waals surface area contributed by atoms with Gasteiger partial charge in [-0.2, -0.15) is 0 Å². The highest BCUT2D eigenvalue weighted by Crippen LogP contribution is 2.53. The summed E-state index contributed by atoms with van der Waals surface area (Å²) in [6.45, 7) is 25.2. The zero-order chi connectivity index (χ0) is 42.3. The third kappa shape index (κ3) is 5.82. The van der Waals surface area contributed by atoms with E-state index in [0.717, 1.165) is 63.2 Å². The maximum Gasteiger partial charge on any atom is 0.297 e. The first-order valence-corrected chi connectivity index (χ1v) is 21.8. The van der Waals surface area contributed by atoms with Crippen molar-refractivity contribution in [2.75, 3.05) is 9.80 Å². The van der Waals surface area contributed by atoms with Gasteiger partial charge in [-0.05, 0) is 140 Å². The smallest absolute Gasteiger partial charge is 0.297 e. The van der Waals surface area contributed by atoms with Crippen LogP contribution < -0.4 is 26.4 Å². The Labute approximate surface area is 356 Å². The van der Waals surface area contributed by atoms with Crippen molar-refractivity contribution in [1.82, 2.24) is 0 Å². The van der Waals surface area contributed by atoms with Crippen LogP contribution in [-0.4, -0.2) is 6.71 Å². The number of para-hydroxylation sites is 1.